The molecule has 4 bridgehead atoms. The van der Waals surface area contributed by atoms with Crippen molar-refractivity contribution in [1.82, 2.24) is 10.3 Å². The van der Waals surface area contributed by atoms with Crippen molar-refractivity contribution in [2.24, 2.45) is 23.2 Å². The van der Waals surface area contributed by atoms with E-state index >= 15 is 0 Å². The molecule has 0 saturated heterocycles. The zero-order chi connectivity index (χ0) is 19.8. The molecule has 0 spiro atoms. The average molecular weight is 411 g/mol. The molecular formula is C24H30N2O2S. The Hall–Kier alpha value is -1.88. The molecule has 4 aliphatic carbocycles. The van der Waals surface area contributed by atoms with Gasteiger partial charge >= 0.3 is 0 Å². The number of aromatic nitrogens is 1. The molecule has 29 heavy (non-hydrogen) atoms. The number of nitrogens with one attached hydrogen (secondary N) is 1. The summed E-state index contributed by atoms with van der Waals surface area (Å²) < 4.78 is 5.80. The number of carbonyl (C=O) groups is 1. The fourth-order valence-electron chi connectivity index (χ4n) is 6.30. The van der Waals surface area contributed by atoms with Crippen LogP contribution in [0.2, 0.25) is 0 Å². The van der Waals surface area contributed by atoms with Gasteiger partial charge in [-0.25, -0.2) is 4.98 Å². The minimum absolute atomic E-state index is 0.108. The number of hydrogen-bond donors (Lipinski definition) is 1. The molecule has 4 saturated carbocycles. The predicted octanol–water partition coefficient (Wildman–Crippen LogP) is 4.91. The number of thiazole rings is 1. The fourth-order valence-corrected chi connectivity index (χ4v) is 7.00. The molecule has 0 unspecified atom stereocenters. The van der Waals surface area contributed by atoms with Gasteiger partial charge in [0.1, 0.15) is 17.4 Å². The van der Waals surface area contributed by atoms with Gasteiger partial charge in [0.05, 0.1) is 12.1 Å². The van der Waals surface area contributed by atoms with Crippen LogP contribution in [0, 0.1) is 30.1 Å². The van der Waals surface area contributed by atoms with Gasteiger partial charge in [0, 0.05) is 11.9 Å². The molecule has 5 heteroatoms. The second kappa shape index (κ2) is 7.75. The first-order valence-electron chi connectivity index (χ1n) is 10.9. The van der Waals surface area contributed by atoms with Crippen LogP contribution in [0.4, 0.5) is 0 Å². The Morgan fingerprint density at radius 1 is 1.14 bits per heavy atom. The van der Waals surface area contributed by atoms with Gasteiger partial charge < -0.3 is 10.1 Å². The van der Waals surface area contributed by atoms with E-state index < -0.39 is 0 Å². The number of nitrogens with zero attached hydrogens (tertiary/aromatic N) is 1. The van der Waals surface area contributed by atoms with Gasteiger partial charge in [-0.05, 0) is 80.8 Å². The third kappa shape index (κ3) is 4.35. The lowest BCUT2D eigenvalue weighted by Gasteiger charge is -2.56. The minimum atomic E-state index is 0.108. The monoisotopic (exact) mass is 410 g/mol. The number of carbonyl (C=O) groups excluding carboxylic acids is 1. The van der Waals surface area contributed by atoms with Gasteiger partial charge in [-0.2, -0.15) is 0 Å². The zero-order valence-corrected chi connectivity index (χ0v) is 18.0. The standard InChI is InChI=1S/C24H30N2O2S/c1-16-2-4-21(5-3-16)28-13-23-26-20(14-29-23)9-22(27)25-15-24-10-17-6-18(11-24)8-19(7-17)12-24/h2-5,14,17-19H,6-13,15H2,1H3,(H,25,27). The SMILES string of the molecule is Cc1ccc(OCc2nc(CC(=O)NCC34CC5CC(CC(C5)C3)C4)cs2)cc1. The number of aryl methyl sites for hydroxylation is 1. The molecule has 0 atom stereocenters. The fraction of sp³-hybridized carbons (Fsp3) is 0.583. The summed E-state index contributed by atoms with van der Waals surface area (Å²) in [6, 6.07) is 8.02. The van der Waals surface area contributed by atoms with E-state index in [1.54, 1.807) is 11.3 Å². The Morgan fingerprint density at radius 3 is 2.45 bits per heavy atom. The number of rotatable bonds is 7. The highest BCUT2D eigenvalue weighted by Gasteiger charge is 2.50. The Balaban J connectivity index is 1.10. The van der Waals surface area contributed by atoms with Crippen LogP contribution in [0.15, 0.2) is 29.6 Å². The van der Waals surface area contributed by atoms with Crippen molar-refractivity contribution in [2.45, 2.75) is 58.5 Å². The molecular weight excluding hydrogens is 380 g/mol. The Labute approximate surface area is 177 Å². The highest BCUT2D eigenvalue weighted by atomic mass is 32.1. The highest BCUT2D eigenvalue weighted by Crippen LogP contribution is 2.59. The molecule has 0 aliphatic heterocycles. The van der Waals surface area contributed by atoms with Crippen LogP contribution in [0.5, 0.6) is 5.75 Å². The van der Waals surface area contributed by atoms with Crippen molar-refractivity contribution < 1.29 is 9.53 Å². The van der Waals surface area contributed by atoms with E-state index in [9.17, 15) is 4.79 Å². The Bertz CT molecular complexity index is 838. The quantitative estimate of drug-likeness (QED) is 0.706. The number of hydrogen-bond acceptors (Lipinski definition) is 4. The second-order valence-corrected chi connectivity index (χ2v) is 10.6. The molecule has 154 valence electrons. The van der Waals surface area contributed by atoms with Crippen molar-refractivity contribution in [3.05, 3.63) is 45.9 Å². The van der Waals surface area contributed by atoms with Crippen LogP contribution in [-0.4, -0.2) is 17.4 Å². The first-order valence-corrected chi connectivity index (χ1v) is 11.8. The molecule has 6 rings (SSSR count). The highest BCUT2D eigenvalue weighted by molar-refractivity contribution is 7.09. The number of amides is 1. The summed E-state index contributed by atoms with van der Waals surface area (Å²) in [6.07, 6.45) is 8.69. The summed E-state index contributed by atoms with van der Waals surface area (Å²) in [6.45, 7) is 3.37. The van der Waals surface area contributed by atoms with Crippen LogP contribution in [0.3, 0.4) is 0 Å². The van der Waals surface area contributed by atoms with E-state index in [1.165, 1.54) is 44.1 Å². The van der Waals surface area contributed by atoms with Gasteiger partial charge in [0.15, 0.2) is 0 Å². The van der Waals surface area contributed by atoms with Gasteiger partial charge in [-0.15, -0.1) is 11.3 Å². The van der Waals surface area contributed by atoms with Crippen molar-refractivity contribution in [2.75, 3.05) is 6.54 Å². The van der Waals surface area contributed by atoms with Crippen LogP contribution in [0.25, 0.3) is 0 Å². The van der Waals surface area contributed by atoms with Crippen LogP contribution in [-0.2, 0) is 17.8 Å². The maximum Gasteiger partial charge on any atom is 0.226 e. The molecule has 1 amide bonds. The molecule has 1 aromatic carbocycles. The van der Waals surface area contributed by atoms with Gasteiger partial charge in [-0.3, -0.25) is 4.79 Å². The van der Waals surface area contributed by atoms with Gasteiger partial charge in [0.2, 0.25) is 5.91 Å². The third-order valence-corrected chi connectivity index (χ3v) is 8.02. The maximum atomic E-state index is 12.5. The summed E-state index contributed by atoms with van der Waals surface area (Å²) in [5.74, 6) is 3.73. The van der Waals surface area contributed by atoms with Crippen molar-refractivity contribution >= 4 is 17.2 Å². The lowest BCUT2D eigenvalue weighted by atomic mass is 9.49. The number of benzene rings is 1. The van der Waals surface area contributed by atoms with Crippen molar-refractivity contribution in [1.29, 1.82) is 0 Å². The summed E-state index contributed by atoms with van der Waals surface area (Å²) in [5, 5.41) is 6.15. The molecule has 4 nitrogen and oxygen atoms in total. The molecule has 4 aliphatic rings. The van der Waals surface area contributed by atoms with Crippen LogP contribution >= 0.6 is 11.3 Å². The summed E-state index contributed by atoms with van der Waals surface area (Å²) in [7, 11) is 0. The zero-order valence-electron chi connectivity index (χ0n) is 17.2. The molecule has 1 heterocycles. The Morgan fingerprint density at radius 2 is 1.79 bits per heavy atom. The summed E-state index contributed by atoms with van der Waals surface area (Å²) in [4.78, 5) is 17.1. The Kier molecular flexibility index (Phi) is 5.10. The smallest absolute Gasteiger partial charge is 0.226 e. The van der Waals surface area contributed by atoms with E-state index in [0.717, 1.165) is 40.7 Å². The third-order valence-electron chi connectivity index (χ3n) is 7.15. The van der Waals surface area contributed by atoms with Gasteiger partial charge in [-0.1, -0.05) is 17.7 Å². The lowest BCUT2D eigenvalue weighted by Crippen LogP contribution is -2.51. The van der Waals surface area contributed by atoms with Crippen molar-refractivity contribution in [3.63, 3.8) is 0 Å². The molecule has 1 aromatic heterocycles. The first kappa shape index (κ1) is 19.1. The summed E-state index contributed by atoms with van der Waals surface area (Å²) >= 11 is 1.56. The van der Waals surface area contributed by atoms with E-state index in [-0.39, 0.29) is 5.91 Å². The number of ether oxygens (including phenoxy) is 1. The predicted molar refractivity (Wildman–Crippen MR) is 115 cm³/mol. The van der Waals surface area contributed by atoms with Crippen LogP contribution in [0.1, 0.15) is 54.8 Å². The second-order valence-electron chi connectivity index (χ2n) is 9.71. The van der Waals surface area contributed by atoms with Crippen molar-refractivity contribution in [3.8, 4) is 5.75 Å². The summed E-state index contributed by atoms with van der Waals surface area (Å²) in [5.41, 5.74) is 2.45. The molecule has 4 fully saturated rings. The van der Waals surface area contributed by atoms with E-state index in [1.807, 2.05) is 29.6 Å². The van der Waals surface area contributed by atoms with E-state index in [0.29, 0.717) is 18.4 Å². The normalized spacial score (nSPS) is 29.8. The van der Waals surface area contributed by atoms with Gasteiger partial charge in [0.25, 0.3) is 0 Å². The molecule has 0 radical (unpaired) electrons. The van der Waals surface area contributed by atoms with E-state index in [4.69, 9.17) is 4.74 Å². The van der Waals surface area contributed by atoms with Crippen LogP contribution < -0.4 is 10.1 Å². The largest absolute Gasteiger partial charge is 0.486 e. The lowest BCUT2D eigenvalue weighted by molar-refractivity contribution is -0.122. The van der Waals surface area contributed by atoms with E-state index in [2.05, 4.69) is 17.2 Å². The first-order chi connectivity index (χ1) is 14.1. The topological polar surface area (TPSA) is 51.2 Å². The maximum absolute atomic E-state index is 12.5. The molecule has 1 N–H and O–H groups in total. The minimum Gasteiger partial charge on any atom is -0.486 e. The molecule has 2 aromatic rings. The average Bonchev–Trinajstić information content (AvgIpc) is 3.12.